The van der Waals surface area contributed by atoms with Gasteiger partial charge < -0.3 is 4.90 Å². The van der Waals surface area contributed by atoms with Crippen molar-refractivity contribution in [1.82, 2.24) is 8.51 Å². The average molecular weight is 303 g/mol. The van der Waals surface area contributed by atoms with Crippen LogP contribution in [0.4, 0.5) is 5.82 Å². The van der Waals surface area contributed by atoms with Crippen molar-refractivity contribution in [3.8, 4) is 0 Å². The molecule has 2 rings (SSSR count). The molecule has 1 aromatic heterocycles. The van der Waals surface area contributed by atoms with Crippen molar-refractivity contribution < 1.29 is 0 Å². The molecule has 0 spiro atoms. The maximum absolute atomic E-state index is 4.36. The maximum atomic E-state index is 4.36. The number of anilines is 1. The molecule has 0 amide bonds. The average Bonchev–Trinajstić information content (AvgIpc) is 2.30. The van der Waals surface area contributed by atoms with E-state index in [-0.39, 0.29) is 0 Å². The van der Waals surface area contributed by atoms with Crippen molar-refractivity contribution in [2.24, 2.45) is 0 Å². The lowest BCUT2D eigenvalue weighted by molar-refractivity contribution is 0.485. The predicted molar refractivity (Wildman–Crippen MR) is 66.6 cm³/mol. The SMILES string of the molecule is INC1CCN(c2ccccn2)CC1. The lowest BCUT2D eigenvalue weighted by Crippen LogP contribution is -2.39. The van der Waals surface area contributed by atoms with E-state index in [1.807, 2.05) is 18.3 Å². The Morgan fingerprint density at radius 2 is 2.14 bits per heavy atom. The second-order valence-electron chi connectivity index (χ2n) is 3.56. The van der Waals surface area contributed by atoms with Crippen LogP contribution in [0, 0.1) is 0 Å². The zero-order chi connectivity index (χ0) is 9.80. The molecule has 0 bridgehead atoms. The molecule has 1 aliphatic heterocycles. The largest absolute Gasteiger partial charge is 0.357 e. The van der Waals surface area contributed by atoms with Gasteiger partial charge in [-0.05, 0) is 25.0 Å². The summed E-state index contributed by atoms with van der Waals surface area (Å²) in [5, 5.41) is 0. The molecule has 1 N–H and O–H groups in total. The molecule has 2 heterocycles. The number of nitrogens with one attached hydrogen (secondary N) is 1. The molecule has 0 atom stereocenters. The molecule has 0 saturated carbocycles. The Hall–Kier alpha value is -0.360. The molecular weight excluding hydrogens is 289 g/mol. The monoisotopic (exact) mass is 303 g/mol. The Kier molecular flexibility index (Phi) is 3.58. The predicted octanol–water partition coefficient (Wildman–Crippen LogP) is 1.99. The molecule has 1 fully saturated rings. The van der Waals surface area contributed by atoms with Crippen molar-refractivity contribution in [3.05, 3.63) is 24.4 Å². The van der Waals surface area contributed by atoms with Gasteiger partial charge in [0.05, 0.1) is 0 Å². The van der Waals surface area contributed by atoms with Gasteiger partial charge in [-0.3, -0.25) is 3.53 Å². The minimum atomic E-state index is 0.676. The summed E-state index contributed by atoms with van der Waals surface area (Å²) in [6.07, 6.45) is 4.27. The lowest BCUT2D eigenvalue weighted by Gasteiger charge is -2.32. The van der Waals surface area contributed by atoms with Gasteiger partial charge in [0.25, 0.3) is 0 Å². The highest BCUT2D eigenvalue weighted by Crippen LogP contribution is 2.17. The van der Waals surface area contributed by atoms with E-state index in [4.69, 9.17) is 0 Å². The second kappa shape index (κ2) is 4.93. The van der Waals surface area contributed by atoms with Gasteiger partial charge in [0.1, 0.15) is 5.82 Å². The van der Waals surface area contributed by atoms with E-state index < -0.39 is 0 Å². The summed E-state index contributed by atoms with van der Waals surface area (Å²) in [6.45, 7) is 2.22. The van der Waals surface area contributed by atoms with E-state index >= 15 is 0 Å². The van der Waals surface area contributed by atoms with E-state index in [0.29, 0.717) is 6.04 Å². The molecule has 1 aromatic rings. The van der Waals surface area contributed by atoms with Crippen LogP contribution in [0.25, 0.3) is 0 Å². The van der Waals surface area contributed by atoms with Gasteiger partial charge in [-0.1, -0.05) is 6.07 Å². The van der Waals surface area contributed by atoms with Crippen molar-refractivity contribution in [3.63, 3.8) is 0 Å². The number of pyridine rings is 1. The first-order valence-electron chi connectivity index (χ1n) is 4.92. The fourth-order valence-electron chi connectivity index (χ4n) is 1.76. The molecule has 14 heavy (non-hydrogen) atoms. The molecule has 0 aliphatic carbocycles. The van der Waals surface area contributed by atoms with Gasteiger partial charge in [0.2, 0.25) is 0 Å². The van der Waals surface area contributed by atoms with E-state index in [9.17, 15) is 0 Å². The van der Waals surface area contributed by atoms with Gasteiger partial charge in [-0.2, -0.15) is 0 Å². The Morgan fingerprint density at radius 3 is 2.71 bits per heavy atom. The second-order valence-corrected chi connectivity index (χ2v) is 4.18. The summed E-state index contributed by atoms with van der Waals surface area (Å²) >= 11 is 2.24. The van der Waals surface area contributed by atoms with Gasteiger partial charge >= 0.3 is 0 Å². The summed E-state index contributed by atoms with van der Waals surface area (Å²) in [6, 6.07) is 6.77. The van der Waals surface area contributed by atoms with E-state index in [0.717, 1.165) is 18.9 Å². The third-order valence-corrected chi connectivity index (χ3v) is 3.50. The summed E-state index contributed by atoms with van der Waals surface area (Å²) < 4.78 is 3.30. The molecule has 0 radical (unpaired) electrons. The number of nitrogens with zero attached hydrogens (tertiary/aromatic N) is 2. The van der Waals surface area contributed by atoms with Crippen LogP contribution in [0.2, 0.25) is 0 Å². The third-order valence-electron chi connectivity index (χ3n) is 2.62. The Bertz CT molecular complexity index is 270. The summed E-state index contributed by atoms with van der Waals surface area (Å²) in [4.78, 5) is 6.71. The zero-order valence-corrected chi connectivity index (χ0v) is 10.1. The van der Waals surface area contributed by atoms with E-state index in [2.05, 4.69) is 42.3 Å². The first-order valence-corrected chi connectivity index (χ1v) is 6.00. The Balaban J connectivity index is 1.96. The van der Waals surface area contributed by atoms with E-state index in [1.54, 1.807) is 0 Å². The lowest BCUT2D eigenvalue weighted by atomic mass is 10.1. The number of hydrogen-bond acceptors (Lipinski definition) is 3. The number of aromatic nitrogens is 1. The molecule has 4 heteroatoms. The number of halogens is 1. The highest BCUT2D eigenvalue weighted by molar-refractivity contribution is 14.1. The smallest absolute Gasteiger partial charge is 0.128 e. The first-order chi connectivity index (χ1) is 6.90. The molecule has 3 nitrogen and oxygen atoms in total. The summed E-state index contributed by atoms with van der Waals surface area (Å²) in [5.41, 5.74) is 0. The van der Waals surface area contributed by atoms with Crippen LogP contribution in [0.5, 0.6) is 0 Å². The minimum absolute atomic E-state index is 0.676. The molecule has 1 saturated heterocycles. The molecule has 1 aliphatic rings. The molecule has 0 unspecified atom stereocenters. The van der Waals surface area contributed by atoms with Gasteiger partial charge in [0, 0.05) is 48.2 Å². The number of piperidine rings is 1. The quantitative estimate of drug-likeness (QED) is 0.669. The van der Waals surface area contributed by atoms with Crippen LogP contribution in [0.15, 0.2) is 24.4 Å². The summed E-state index contributed by atoms with van der Waals surface area (Å²) in [5.74, 6) is 1.11. The Morgan fingerprint density at radius 1 is 1.36 bits per heavy atom. The highest BCUT2D eigenvalue weighted by atomic mass is 127. The van der Waals surface area contributed by atoms with Crippen LogP contribution in [0.1, 0.15) is 12.8 Å². The fourth-order valence-corrected chi connectivity index (χ4v) is 2.38. The van der Waals surface area contributed by atoms with Crippen LogP contribution in [-0.2, 0) is 0 Å². The molecular formula is C10H14IN3. The van der Waals surface area contributed by atoms with Crippen molar-refractivity contribution >= 4 is 28.7 Å². The van der Waals surface area contributed by atoms with Crippen LogP contribution >= 0.6 is 22.9 Å². The fraction of sp³-hybridized carbons (Fsp3) is 0.500. The highest BCUT2D eigenvalue weighted by Gasteiger charge is 2.18. The van der Waals surface area contributed by atoms with Gasteiger partial charge in [-0.25, -0.2) is 4.98 Å². The minimum Gasteiger partial charge on any atom is -0.357 e. The van der Waals surface area contributed by atoms with Crippen LogP contribution in [-0.4, -0.2) is 24.1 Å². The first kappa shape index (κ1) is 10.2. The van der Waals surface area contributed by atoms with Gasteiger partial charge in [0.15, 0.2) is 0 Å². The van der Waals surface area contributed by atoms with Crippen molar-refractivity contribution in [2.45, 2.75) is 18.9 Å². The van der Waals surface area contributed by atoms with Crippen molar-refractivity contribution in [2.75, 3.05) is 18.0 Å². The third kappa shape index (κ3) is 2.36. The topological polar surface area (TPSA) is 28.2 Å². The van der Waals surface area contributed by atoms with E-state index in [1.165, 1.54) is 12.8 Å². The maximum Gasteiger partial charge on any atom is 0.128 e. The number of rotatable bonds is 2. The normalized spacial score (nSPS) is 18.5. The Labute approximate surface area is 98.4 Å². The number of hydrogen-bond donors (Lipinski definition) is 1. The molecule has 0 aromatic carbocycles. The van der Waals surface area contributed by atoms with Crippen LogP contribution < -0.4 is 8.43 Å². The summed E-state index contributed by atoms with van der Waals surface area (Å²) in [7, 11) is 0. The zero-order valence-electron chi connectivity index (χ0n) is 7.99. The molecule has 76 valence electrons. The standard InChI is InChI=1S/C10H14IN3/c11-13-9-4-7-14(8-5-9)10-3-1-2-6-12-10/h1-3,6,9,13H,4-5,7-8H2. The van der Waals surface area contributed by atoms with Gasteiger partial charge in [-0.15, -0.1) is 0 Å². The van der Waals surface area contributed by atoms with Crippen LogP contribution in [0.3, 0.4) is 0 Å². The van der Waals surface area contributed by atoms with Crippen molar-refractivity contribution in [1.29, 1.82) is 0 Å².